The van der Waals surface area contributed by atoms with Crippen LogP contribution in [0.1, 0.15) is 45.4 Å². The zero-order valence-corrected chi connectivity index (χ0v) is 19.9. The molecule has 0 N–H and O–H groups in total. The van der Waals surface area contributed by atoms with E-state index in [4.69, 9.17) is 9.47 Å². The maximum Gasteiger partial charge on any atom is 0.416 e. The van der Waals surface area contributed by atoms with Crippen molar-refractivity contribution >= 4 is 17.4 Å². The van der Waals surface area contributed by atoms with Crippen molar-refractivity contribution in [2.75, 3.05) is 24.7 Å². The van der Waals surface area contributed by atoms with Crippen LogP contribution in [0.4, 0.5) is 18.9 Å². The lowest BCUT2D eigenvalue weighted by Gasteiger charge is -2.42. The van der Waals surface area contributed by atoms with Crippen molar-refractivity contribution in [2.45, 2.75) is 31.5 Å². The number of carbonyl (C=O) groups is 1. The Hall–Kier alpha value is -3.66. The van der Waals surface area contributed by atoms with E-state index in [1.165, 1.54) is 11.0 Å². The second kappa shape index (κ2) is 8.77. The van der Waals surface area contributed by atoms with Crippen LogP contribution >= 0.6 is 0 Å². The van der Waals surface area contributed by atoms with E-state index in [1.54, 1.807) is 19.3 Å². The van der Waals surface area contributed by atoms with Crippen LogP contribution in [-0.2, 0) is 41.1 Å². The molecule has 0 aliphatic carbocycles. The van der Waals surface area contributed by atoms with Gasteiger partial charge in [0.1, 0.15) is 17.9 Å². The van der Waals surface area contributed by atoms with Gasteiger partial charge in [0.25, 0.3) is 5.91 Å². The maximum atomic E-state index is 14.0. The average Bonchev–Trinajstić information content (AvgIpc) is 3.37. The summed E-state index contributed by atoms with van der Waals surface area (Å²) in [4.78, 5) is 14.8. The summed E-state index contributed by atoms with van der Waals surface area (Å²) in [6, 6.07) is 9.79. The SMILES string of the molecule is C=C(OCC)c1cc2c(c(C(F)(F)F)c1)CN(c1cccc(C3(Cc4nncn4C)COC3)c1)C2=O. The van der Waals surface area contributed by atoms with Crippen molar-refractivity contribution in [3.05, 3.63) is 82.9 Å². The maximum absolute atomic E-state index is 14.0. The van der Waals surface area contributed by atoms with Crippen LogP contribution in [0.2, 0.25) is 0 Å². The molecule has 188 valence electrons. The normalized spacial score (nSPS) is 16.6. The number of alkyl halides is 3. The fraction of sp³-hybridized carbons (Fsp3) is 0.346. The second-order valence-corrected chi connectivity index (χ2v) is 9.15. The summed E-state index contributed by atoms with van der Waals surface area (Å²) in [5.41, 5.74) is 0.343. The van der Waals surface area contributed by atoms with E-state index in [0.717, 1.165) is 17.5 Å². The van der Waals surface area contributed by atoms with E-state index in [9.17, 15) is 18.0 Å². The van der Waals surface area contributed by atoms with Gasteiger partial charge in [0.15, 0.2) is 0 Å². The monoisotopic (exact) mass is 498 g/mol. The summed E-state index contributed by atoms with van der Waals surface area (Å²) in [5.74, 6) is 0.394. The van der Waals surface area contributed by atoms with Crippen molar-refractivity contribution in [3.63, 3.8) is 0 Å². The first-order valence-electron chi connectivity index (χ1n) is 11.5. The lowest BCUT2D eigenvalue weighted by molar-refractivity contribution is -0.138. The third-order valence-electron chi connectivity index (χ3n) is 6.82. The summed E-state index contributed by atoms with van der Waals surface area (Å²) in [5, 5.41) is 8.13. The van der Waals surface area contributed by atoms with Gasteiger partial charge in [0.2, 0.25) is 0 Å². The summed E-state index contributed by atoms with van der Waals surface area (Å²) in [6.07, 6.45) is -2.41. The lowest BCUT2D eigenvalue weighted by atomic mass is 9.75. The van der Waals surface area contributed by atoms with Gasteiger partial charge in [-0.25, -0.2) is 0 Å². The van der Waals surface area contributed by atoms with Crippen LogP contribution in [0, 0.1) is 0 Å². The molecule has 5 rings (SSSR count). The number of nitrogens with zero attached hydrogens (tertiary/aromatic N) is 4. The number of hydrogen-bond donors (Lipinski definition) is 0. The molecule has 1 saturated heterocycles. The Morgan fingerprint density at radius 3 is 2.64 bits per heavy atom. The van der Waals surface area contributed by atoms with Gasteiger partial charge in [-0.3, -0.25) is 4.79 Å². The quantitative estimate of drug-likeness (QED) is 0.449. The molecule has 0 atom stereocenters. The number of amides is 1. The molecule has 1 aromatic heterocycles. The number of rotatable bonds is 7. The van der Waals surface area contributed by atoms with Crippen LogP contribution < -0.4 is 4.90 Å². The molecule has 0 bridgehead atoms. The minimum Gasteiger partial charge on any atom is -0.494 e. The van der Waals surface area contributed by atoms with Crippen LogP contribution in [0.5, 0.6) is 0 Å². The molecule has 0 saturated carbocycles. The van der Waals surface area contributed by atoms with Gasteiger partial charge in [-0.1, -0.05) is 18.7 Å². The van der Waals surface area contributed by atoms with E-state index >= 15 is 0 Å². The highest BCUT2D eigenvalue weighted by Gasteiger charge is 2.43. The van der Waals surface area contributed by atoms with Crippen LogP contribution in [-0.4, -0.2) is 40.5 Å². The minimum atomic E-state index is -4.63. The molecular weight excluding hydrogens is 473 g/mol. The fourth-order valence-corrected chi connectivity index (χ4v) is 4.78. The van der Waals surface area contributed by atoms with Gasteiger partial charge < -0.3 is 18.9 Å². The molecule has 3 heterocycles. The number of hydrogen-bond acceptors (Lipinski definition) is 5. The fourth-order valence-electron chi connectivity index (χ4n) is 4.78. The van der Waals surface area contributed by atoms with E-state index in [2.05, 4.69) is 16.8 Å². The molecule has 2 aromatic carbocycles. The smallest absolute Gasteiger partial charge is 0.416 e. The average molecular weight is 499 g/mol. The van der Waals surface area contributed by atoms with Crippen LogP contribution in [0.3, 0.4) is 0 Å². The Morgan fingerprint density at radius 2 is 2.03 bits per heavy atom. The molecule has 0 spiro atoms. The van der Waals surface area contributed by atoms with Crippen molar-refractivity contribution in [1.29, 1.82) is 0 Å². The highest BCUT2D eigenvalue weighted by Crippen LogP contribution is 2.42. The second-order valence-electron chi connectivity index (χ2n) is 9.15. The minimum absolute atomic E-state index is 0.00635. The van der Waals surface area contributed by atoms with Crippen molar-refractivity contribution in [1.82, 2.24) is 14.8 Å². The third kappa shape index (κ3) is 4.05. The number of halogens is 3. The molecule has 0 radical (unpaired) electrons. The van der Waals surface area contributed by atoms with Gasteiger partial charge in [-0.2, -0.15) is 13.2 Å². The Morgan fingerprint density at radius 1 is 1.25 bits per heavy atom. The van der Waals surface area contributed by atoms with E-state index in [0.29, 0.717) is 25.3 Å². The molecule has 3 aromatic rings. The first-order chi connectivity index (χ1) is 17.1. The first kappa shape index (κ1) is 24.1. The Labute approximate surface area is 206 Å². The molecular formula is C26H25F3N4O3. The third-order valence-corrected chi connectivity index (χ3v) is 6.82. The first-order valence-corrected chi connectivity index (χ1v) is 11.5. The largest absolute Gasteiger partial charge is 0.494 e. The Balaban J connectivity index is 1.51. The van der Waals surface area contributed by atoms with Crippen molar-refractivity contribution in [3.8, 4) is 0 Å². The molecule has 1 fully saturated rings. The number of carbonyl (C=O) groups excluding carboxylic acids is 1. The van der Waals surface area contributed by atoms with Gasteiger partial charge >= 0.3 is 6.18 Å². The molecule has 36 heavy (non-hydrogen) atoms. The number of fused-ring (bicyclic) bond motifs is 1. The van der Waals surface area contributed by atoms with Gasteiger partial charge in [0, 0.05) is 35.7 Å². The van der Waals surface area contributed by atoms with E-state index in [-0.39, 0.29) is 41.0 Å². The molecule has 10 heteroatoms. The number of aryl methyl sites for hydroxylation is 1. The predicted molar refractivity (Wildman–Crippen MR) is 126 cm³/mol. The van der Waals surface area contributed by atoms with Crippen LogP contribution in [0.25, 0.3) is 5.76 Å². The number of aromatic nitrogens is 3. The van der Waals surface area contributed by atoms with E-state index < -0.39 is 17.6 Å². The molecule has 2 aliphatic rings. The summed E-state index contributed by atoms with van der Waals surface area (Å²) in [7, 11) is 1.87. The number of ether oxygens (including phenoxy) is 2. The van der Waals surface area contributed by atoms with Crippen molar-refractivity contribution < 1.29 is 27.4 Å². The van der Waals surface area contributed by atoms with Gasteiger partial charge in [-0.15, -0.1) is 10.2 Å². The number of benzene rings is 2. The summed E-state index contributed by atoms with van der Waals surface area (Å²) < 4.78 is 54.7. The van der Waals surface area contributed by atoms with Crippen LogP contribution in [0.15, 0.2) is 49.3 Å². The summed E-state index contributed by atoms with van der Waals surface area (Å²) >= 11 is 0. The zero-order chi connectivity index (χ0) is 25.7. The van der Waals surface area contributed by atoms with Crippen molar-refractivity contribution in [2.24, 2.45) is 7.05 Å². The van der Waals surface area contributed by atoms with Gasteiger partial charge in [0.05, 0.1) is 31.9 Å². The lowest BCUT2D eigenvalue weighted by Crippen LogP contribution is -2.49. The highest BCUT2D eigenvalue weighted by molar-refractivity contribution is 6.10. The summed E-state index contributed by atoms with van der Waals surface area (Å²) in [6.45, 7) is 6.45. The highest BCUT2D eigenvalue weighted by atomic mass is 19.4. The molecule has 0 unspecified atom stereocenters. The molecule has 7 nitrogen and oxygen atoms in total. The molecule has 2 aliphatic heterocycles. The Kier molecular flexibility index (Phi) is 5.86. The Bertz CT molecular complexity index is 1340. The topological polar surface area (TPSA) is 69.5 Å². The van der Waals surface area contributed by atoms with E-state index in [1.807, 2.05) is 29.8 Å². The predicted octanol–water partition coefficient (Wildman–Crippen LogP) is 4.51. The van der Waals surface area contributed by atoms with Gasteiger partial charge in [-0.05, 0) is 42.3 Å². The standard InChI is InChI=1S/C26H25F3N4O3/c1-4-36-16(2)17-8-20-21(22(9-17)26(27,28)29)12-33(24(20)34)19-7-5-6-18(10-19)25(13-35-14-25)11-23-31-30-15-32(23)3/h5-10,15H,2,4,11-14H2,1,3H3. The molecule has 1 amide bonds. The zero-order valence-electron chi connectivity index (χ0n) is 19.9. The number of anilines is 1.